The number of imide groups is 1. The molecule has 0 aromatic heterocycles. The summed E-state index contributed by atoms with van der Waals surface area (Å²) >= 11 is 0. The molecular weight excluding hydrogens is 291 g/mol. The minimum atomic E-state index is -4.87. The quantitative estimate of drug-likeness (QED) is 0.786. The van der Waals surface area contributed by atoms with Gasteiger partial charge in [-0.1, -0.05) is 17.2 Å². The molecule has 0 saturated heterocycles. The van der Waals surface area contributed by atoms with Crippen LogP contribution in [0.3, 0.4) is 0 Å². The topological polar surface area (TPSA) is 63.7 Å². The smallest absolute Gasteiger partial charge is 0.329 e. The van der Waals surface area contributed by atoms with Crippen LogP contribution in [0.1, 0.15) is 34.6 Å². The standard InChI is InChI=1S/C13H10F3NO4/c1-12(2,13(14,15)16)11(20)21-17-9(18)7-5-3-4-6-8(7)10(17)19/h3-6H,1-2H3. The van der Waals surface area contributed by atoms with E-state index in [-0.39, 0.29) is 16.2 Å². The van der Waals surface area contributed by atoms with Gasteiger partial charge in [0.2, 0.25) is 0 Å². The summed E-state index contributed by atoms with van der Waals surface area (Å²) in [4.78, 5) is 39.7. The van der Waals surface area contributed by atoms with Crippen LogP contribution in [0.25, 0.3) is 0 Å². The van der Waals surface area contributed by atoms with E-state index in [0.29, 0.717) is 13.8 Å². The molecule has 0 aliphatic carbocycles. The molecular formula is C13H10F3NO4. The molecule has 0 bridgehead atoms. The number of carbonyl (C=O) groups excluding carboxylic acids is 3. The van der Waals surface area contributed by atoms with Gasteiger partial charge in [0.05, 0.1) is 11.1 Å². The Kier molecular flexibility index (Phi) is 3.27. The molecule has 0 fully saturated rings. The molecule has 21 heavy (non-hydrogen) atoms. The average molecular weight is 301 g/mol. The van der Waals surface area contributed by atoms with Gasteiger partial charge in [-0.15, -0.1) is 0 Å². The van der Waals surface area contributed by atoms with Crippen molar-refractivity contribution in [2.75, 3.05) is 0 Å². The minimum absolute atomic E-state index is 0.0277. The second-order valence-corrected chi connectivity index (χ2v) is 4.95. The van der Waals surface area contributed by atoms with Gasteiger partial charge in [0.25, 0.3) is 11.8 Å². The summed E-state index contributed by atoms with van der Waals surface area (Å²) in [6.07, 6.45) is -4.87. The molecule has 1 aliphatic heterocycles. The van der Waals surface area contributed by atoms with Crippen molar-refractivity contribution in [3.63, 3.8) is 0 Å². The van der Waals surface area contributed by atoms with Gasteiger partial charge in [-0.3, -0.25) is 9.59 Å². The van der Waals surface area contributed by atoms with Crippen molar-refractivity contribution in [3.05, 3.63) is 35.4 Å². The number of halogens is 3. The summed E-state index contributed by atoms with van der Waals surface area (Å²) in [6, 6.07) is 5.60. The maximum atomic E-state index is 12.7. The number of hydrogen-bond donors (Lipinski definition) is 0. The van der Waals surface area contributed by atoms with Crippen LogP contribution in [0.15, 0.2) is 24.3 Å². The number of fused-ring (bicyclic) bond motifs is 1. The molecule has 0 radical (unpaired) electrons. The molecule has 2 rings (SSSR count). The molecule has 0 atom stereocenters. The van der Waals surface area contributed by atoms with Crippen molar-refractivity contribution >= 4 is 17.8 Å². The zero-order valence-corrected chi connectivity index (χ0v) is 11.0. The number of amides is 2. The molecule has 0 N–H and O–H groups in total. The second kappa shape index (κ2) is 4.57. The van der Waals surface area contributed by atoms with E-state index in [1.807, 2.05) is 0 Å². The normalized spacial score (nSPS) is 15.2. The van der Waals surface area contributed by atoms with Gasteiger partial charge in [-0.05, 0) is 26.0 Å². The first kappa shape index (κ1) is 15.0. The lowest BCUT2D eigenvalue weighted by Gasteiger charge is -2.26. The fraction of sp³-hybridized carbons (Fsp3) is 0.308. The van der Waals surface area contributed by atoms with E-state index in [1.165, 1.54) is 24.3 Å². The first-order valence-electron chi connectivity index (χ1n) is 5.84. The van der Waals surface area contributed by atoms with E-state index >= 15 is 0 Å². The Labute approximate surface area is 117 Å². The Morgan fingerprint density at radius 3 is 1.86 bits per heavy atom. The summed E-state index contributed by atoms with van der Waals surface area (Å²) in [7, 11) is 0. The Morgan fingerprint density at radius 2 is 1.48 bits per heavy atom. The van der Waals surface area contributed by atoms with Crippen LogP contribution in [0, 0.1) is 5.41 Å². The molecule has 5 nitrogen and oxygen atoms in total. The Morgan fingerprint density at radius 1 is 1.05 bits per heavy atom. The summed E-state index contributed by atoms with van der Waals surface area (Å²) in [6.45, 7) is 1.21. The van der Waals surface area contributed by atoms with Gasteiger partial charge in [-0.25, -0.2) is 4.79 Å². The van der Waals surface area contributed by atoms with Gasteiger partial charge in [0, 0.05) is 0 Å². The molecule has 1 aromatic rings. The molecule has 0 spiro atoms. The molecule has 0 unspecified atom stereocenters. The van der Waals surface area contributed by atoms with E-state index in [9.17, 15) is 27.6 Å². The van der Waals surface area contributed by atoms with E-state index in [1.54, 1.807) is 0 Å². The van der Waals surface area contributed by atoms with E-state index in [0.717, 1.165) is 0 Å². The zero-order valence-electron chi connectivity index (χ0n) is 11.0. The Bertz CT molecular complexity index is 602. The van der Waals surface area contributed by atoms with E-state index in [4.69, 9.17) is 0 Å². The maximum Gasteiger partial charge on any atom is 0.404 e. The number of hydrogen-bond acceptors (Lipinski definition) is 4. The first-order valence-corrected chi connectivity index (χ1v) is 5.84. The predicted molar refractivity (Wildman–Crippen MR) is 62.9 cm³/mol. The third-order valence-electron chi connectivity index (χ3n) is 3.15. The van der Waals surface area contributed by atoms with Gasteiger partial charge in [0.1, 0.15) is 0 Å². The first-order chi connectivity index (χ1) is 9.57. The van der Waals surface area contributed by atoms with Crippen molar-refractivity contribution in [3.8, 4) is 0 Å². The molecule has 1 heterocycles. The summed E-state index contributed by atoms with van der Waals surface area (Å²) < 4.78 is 38.2. The molecule has 2 amide bonds. The summed E-state index contributed by atoms with van der Waals surface area (Å²) in [5, 5.41) is 0.0560. The van der Waals surface area contributed by atoms with Crippen molar-refractivity contribution in [2.24, 2.45) is 5.41 Å². The van der Waals surface area contributed by atoms with Crippen molar-refractivity contribution in [1.29, 1.82) is 0 Å². The lowest BCUT2D eigenvalue weighted by Crippen LogP contribution is -2.45. The summed E-state index contributed by atoms with van der Waals surface area (Å²) in [5.74, 6) is -3.67. The molecule has 0 saturated carbocycles. The van der Waals surface area contributed by atoms with Gasteiger partial charge < -0.3 is 4.84 Å². The molecule has 1 aromatic carbocycles. The van der Waals surface area contributed by atoms with Crippen LogP contribution >= 0.6 is 0 Å². The third-order valence-corrected chi connectivity index (χ3v) is 3.15. The fourth-order valence-electron chi connectivity index (χ4n) is 1.56. The number of benzene rings is 1. The highest BCUT2D eigenvalue weighted by molar-refractivity contribution is 6.20. The molecule has 112 valence electrons. The minimum Gasteiger partial charge on any atom is -0.329 e. The zero-order chi connectivity index (χ0) is 16.0. The number of hydroxylamine groups is 2. The fourth-order valence-corrected chi connectivity index (χ4v) is 1.56. The highest BCUT2D eigenvalue weighted by Crippen LogP contribution is 2.39. The second-order valence-electron chi connectivity index (χ2n) is 4.95. The van der Waals surface area contributed by atoms with Crippen molar-refractivity contribution < 1.29 is 32.4 Å². The lowest BCUT2D eigenvalue weighted by atomic mass is 9.93. The average Bonchev–Trinajstić information content (AvgIpc) is 2.63. The van der Waals surface area contributed by atoms with E-state index < -0.39 is 29.4 Å². The third kappa shape index (κ3) is 2.26. The number of carbonyl (C=O) groups is 3. The summed E-state index contributed by atoms with van der Waals surface area (Å²) in [5.41, 5.74) is -2.90. The van der Waals surface area contributed by atoms with Crippen molar-refractivity contribution in [2.45, 2.75) is 20.0 Å². The number of alkyl halides is 3. The predicted octanol–water partition coefficient (Wildman–Crippen LogP) is 2.33. The van der Waals surface area contributed by atoms with Crippen LogP contribution in [-0.4, -0.2) is 29.0 Å². The maximum absolute atomic E-state index is 12.7. The SMILES string of the molecule is CC(C)(C(=O)ON1C(=O)c2ccccc2C1=O)C(F)(F)F. The largest absolute Gasteiger partial charge is 0.404 e. The van der Waals surface area contributed by atoms with Crippen LogP contribution in [0.2, 0.25) is 0 Å². The van der Waals surface area contributed by atoms with Crippen LogP contribution in [-0.2, 0) is 9.63 Å². The highest BCUT2D eigenvalue weighted by atomic mass is 19.4. The van der Waals surface area contributed by atoms with Crippen LogP contribution < -0.4 is 0 Å². The van der Waals surface area contributed by atoms with Gasteiger partial charge >= 0.3 is 12.1 Å². The Balaban J connectivity index is 2.25. The number of nitrogens with zero attached hydrogens (tertiary/aromatic N) is 1. The van der Waals surface area contributed by atoms with E-state index in [2.05, 4.69) is 4.84 Å². The Hall–Kier alpha value is -2.38. The van der Waals surface area contributed by atoms with Crippen LogP contribution in [0.4, 0.5) is 13.2 Å². The van der Waals surface area contributed by atoms with Gasteiger partial charge in [-0.2, -0.15) is 13.2 Å². The lowest BCUT2D eigenvalue weighted by molar-refractivity contribution is -0.237. The van der Waals surface area contributed by atoms with Crippen LogP contribution in [0.5, 0.6) is 0 Å². The van der Waals surface area contributed by atoms with Crippen molar-refractivity contribution in [1.82, 2.24) is 5.06 Å². The number of rotatable bonds is 2. The van der Waals surface area contributed by atoms with Gasteiger partial charge in [0.15, 0.2) is 5.41 Å². The highest BCUT2D eigenvalue weighted by Gasteiger charge is 2.56. The molecule has 1 aliphatic rings. The monoisotopic (exact) mass is 301 g/mol. The molecule has 8 heteroatoms.